The monoisotopic (exact) mass is 223 g/mol. The van der Waals surface area contributed by atoms with E-state index >= 15 is 0 Å². The maximum Gasteiger partial charge on any atom is 0.104 e. The summed E-state index contributed by atoms with van der Waals surface area (Å²) in [5, 5.41) is 11.8. The summed E-state index contributed by atoms with van der Waals surface area (Å²) in [6.45, 7) is 2.86. The van der Waals surface area contributed by atoms with Crippen LogP contribution in [0.25, 0.3) is 10.2 Å². The van der Waals surface area contributed by atoms with E-state index in [-0.39, 0.29) is 0 Å². The van der Waals surface area contributed by atoms with Crippen molar-refractivity contribution in [3.05, 3.63) is 29.3 Å². The molecule has 80 valence electrons. The Balaban J connectivity index is 2.19. The minimum atomic E-state index is -0.580. The summed E-state index contributed by atoms with van der Waals surface area (Å²) >= 11 is 1.63. The summed E-state index contributed by atoms with van der Waals surface area (Å²) in [6, 6.07) is 3.94. The molecule has 1 atom stereocenters. The van der Waals surface area contributed by atoms with Crippen molar-refractivity contribution in [2.75, 3.05) is 13.2 Å². The maximum atomic E-state index is 9.79. The molecule has 0 radical (unpaired) electrons. The van der Waals surface area contributed by atoms with Crippen LogP contribution in [0.2, 0.25) is 0 Å². The third-order valence-electron chi connectivity index (χ3n) is 2.19. The first-order valence-electron chi connectivity index (χ1n) is 4.90. The van der Waals surface area contributed by atoms with E-state index in [0.29, 0.717) is 13.2 Å². The average molecular weight is 223 g/mol. The van der Waals surface area contributed by atoms with Crippen molar-refractivity contribution in [2.45, 2.75) is 13.0 Å². The highest BCUT2D eigenvalue weighted by molar-refractivity contribution is 7.17. The Morgan fingerprint density at radius 2 is 2.47 bits per heavy atom. The van der Waals surface area contributed by atoms with E-state index in [1.165, 1.54) is 0 Å². The summed E-state index contributed by atoms with van der Waals surface area (Å²) in [6.07, 6.45) is 1.13. The fraction of sp³-hybridized carbons (Fsp3) is 0.364. The van der Waals surface area contributed by atoms with Crippen molar-refractivity contribution in [3.63, 3.8) is 0 Å². The van der Waals surface area contributed by atoms with Gasteiger partial charge in [0, 0.05) is 18.4 Å². The fourth-order valence-electron chi connectivity index (χ4n) is 1.37. The van der Waals surface area contributed by atoms with Gasteiger partial charge in [0.1, 0.15) is 6.10 Å². The molecule has 2 rings (SSSR count). The van der Waals surface area contributed by atoms with Crippen molar-refractivity contribution in [2.24, 2.45) is 0 Å². The lowest BCUT2D eigenvalue weighted by Crippen LogP contribution is -2.07. The highest BCUT2D eigenvalue weighted by Gasteiger charge is 2.09. The van der Waals surface area contributed by atoms with Crippen molar-refractivity contribution >= 4 is 21.6 Å². The number of hydrogen-bond donors (Lipinski definition) is 1. The standard InChI is InChI=1S/C11H13NO2S/c1-2-14-7-10(13)8-5-11-9(12-6-8)3-4-15-11/h3-6,10,13H,2,7H2,1H3. The predicted octanol–water partition coefficient (Wildman–Crippen LogP) is 2.37. The zero-order valence-electron chi connectivity index (χ0n) is 8.51. The molecule has 2 aromatic rings. The topological polar surface area (TPSA) is 42.4 Å². The molecule has 0 spiro atoms. The van der Waals surface area contributed by atoms with Crippen LogP contribution in [-0.4, -0.2) is 23.3 Å². The van der Waals surface area contributed by atoms with Gasteiger partial charge in [-0.05, 0) is 24.4 Å². The molecule has 0 saturated heterocycles. The van der Waals surface area contributed by atoms with Gasteiger partial charge in [0.15, 0.2) is 0 Å². The average Bonchev–Trinajstić information content (AvgIpc) is 2.72. The van der Waals surface area contributed by atoms with Crippen LogP contribution in [0.5, 0.6) is 0 Å². The van der Waals surface area contributed by atoms with Crippen LogP contribution in [0.15, 0.2) is 23.7 Å². The number of thiophene rings is 1. The molecule has 3 nitrogen and oxygen atoms in total. The van der Waals surface area contributed by atoms with Gasteiger partial charge in [-0.1, -0.05) is 0 Å². The molecule has 0 saturated carbocycles. The van der Waals surface area contributed by atoms with Gasteiger partial charge in [-0.25, -0.2) is 0 Å². The van der Waals surface area contributed by atoms with Gasteiger partial charge in [-0.15, -0.1) is 11.3 Å². The first kappa shape index (κ1) is 10.5. The van der Waals surface area contributed by atoms with Crippen LogP contribution in [-0.2, 0) is 4.74 Å². The number of rotatable bonds is 4. The summed E-state index contributed by atoms with van der Waals surface area (Å²) in [5.74, 6) is 0. The maximum absolute atomic E-state index is 9.79. The number of hydrogen-bond acceptors (Lipinski definition) is 4. The van der Waals surface area contributed by atoms with Gasteiger partial charge in [0.05, 0.1) is 16.8 Å². The van der Waals surface area contributed by atoms with Gasteiger partial charge in [0.25, 0.3) is 0 Å². The zero-order chi connectivity index (χ0) is 10.7. The highest BCUT2D eigenvalue weighted by atomic mass is 32.1. The number of pyridine rings is 1. The predicted molar refractivity (Wildman–Crippen MR) is 61.1 cm³/mol. The van der Waals surface area contributed by atoms with E-state index in [1.54, 1.807) is 17.5 Å². The fourth-order valence-corrected chi connectivity index (χ4v) is 2.16. The van der Waals surface area contributed by atoms with E-state index in [9.17, 15) is 5.11 Å². The molecule has 15 heavy (non-hydrogen) atoms. The zero-order valence-corrected chi connectivity index (χ0v) is 9.33. The second kappa shape index (κ2) is 4.70. The molecule has 1 unspecified atom stereocenters. The molecule has 4 heteroatoms. The summed E-state index contributed by atoms with van der Waals surface area (Å²) in [4.78, 5) is 4.27. The third kappa shape index (κ3) is 2.34. The van der Waals surface area contributed by atoms with Crippen LogP contribution in [0.1, 0.15) is 18.6 Å². The lowest BCUT2D eigenvalue weighted by molar-refractivity contribution is 0.0419. The van der Waals surface area contributed by atoms with E-state index in [2.05, 4.69) is 4.98 Å². The minimum Gasteiger partial charge on any atom is -0.386 e. The lowest BCUT2D eigenvalue weighted by Gasteiger charge is -2.09. The Kier molecular flexibility index (Phi) is 3.30. The van der Waals surface area contributed by atoms with E-state index in [1.807, 2.05) is 24.4 Å². The van der Waals surface area contributed by atoms with Gasteiger partial charge < -0.3 is 9.84 Å². The molecule has 2 heterocycles. The largest absolute Gasteiger partial charge is 0.386 e. The Hall–Kier alpha value is -0.970. The molecule has 0 aliphatic heterocycles. The Morgan fingerprint density at radius 3 is 3.27 bits per heavy atom. The van der Waals surface area contributed by atoms with Gasteiger partial charge in [-0.3, -0.25) is 4.98 Å². The quantitative estimate of drug-likeness (QED) is 0.865. The Bertz CT molecular complexity index is 441. The number of nitrogens with zero attached hydrogens (tertiary/aromatic N) is 1. The van der Waals surface area contributed by atoms with Crippen molar-refractivity contribution < 1.29 is 9.84 Å². The van der Waals surface area contributed by atoms with Crippen LogP contribution in [0, 0.1) is 0 Å². The third-order valence-corrected chi connectivity index (χ3v) is 3.04. The van der Waals surface area contributed by atoms with E-state index < -0.39 is 6.10 Å². The highest BCUT2D eigenvalue weighted by Crippen LogP contribution is 2.22. The van der Waals surface area contributed by atoms with Crippen LogP contribution in [0.3, 0.4) is 0 Å². The number of aliphatic hydroxyl groups is 1. The SMILES string of the molecule is CCOCC(O)c1cnc2ccsc2c1. The smallest absolute Gasteiger partial charge is 0.104 e. The van der Waals surface area contributed by atoms with Crippen molar-refractivity contribution in [1.82, 2.24) is 4.98 Å². The molecule has 2 aromatic heterocycles. The van der Waals surface area contributed by atoms with E-state index in [4.69, 9.17) is 4.74 Å². The van der Waals surface area contributed by atoms with E-state index in [0.717, 1.165) is 15.8 Å². The van der Waals surface area contributed by atoms with Crippen LogP contribution >= 0.6 is 11.3 Å². The van der Waals surface area contributed by atoms with Crippen LogP contribution < -0.4 is 0 Å². The van der Waals surface area contributed by atoms with Crippen molar-refractivity contribution in [1.29, 1.82) is 0 Å². The normalized spacial score (nSPS) is 13.2. The van der Waals surface area contributed by atoms with Crippen LogP contribution in [0.4, 0.5) is 0 Å². The molecule has 0 amide bonds. The molecule has 0 bridgehead atoms. The first-order valence-corrected chi connectivity index (χ1v) is 5.78. The molecule has 1 N–H and O–H groups in total. The Labute approximate surface area is 92.3 Å². The summed E-state index contributed by atoms with van der Waals surface area (Å²) in [7, 11) is 0. The Morgan fingerprint density at radius 1 is 1.60 bits per heavy atom. The second-order valence-corrected chi connectivity index (χ2v) is 4.20. The second-order valence-electron chi connectivity index (χ2n) is 3.25. The molecule has 0 aromatic carbocycles. The number of aliphatic hydroxyl groups excluding tert-OH is 1. The molecular weight excluding hydrogens is 210 g/mol. The van der Waals surface area contributed by atoms with Gasteiger partial charge in [0.2, 0.25) is 0 Å². The molecule has 0 aliphatic rings. The summed E-state index contributed by atoms with van der Waals surface area (Å²) < 4.78 is 6.27. The lowest BCUT2D eigenvalue weighted by atomic mass is 10.2. The molecule has 0 fully saturated rings. The van der Waals surface area contributed by atoms with Crippen molar-refractivity contribution in [3.8, 4) is 0 Å². The van der Waals surface area contributed by atoms with Gasteiger partial charge >= 0.3 is 0 Å². The number of aromatic nitrogens is 1. The minimum absolute atomic E-state index is 0.328. The molecular formula is C11H13NO2S. The van der Waals surface area contributed by atoms with Gasteiger partial charge in [-0.2, -0.15) is 0 Å². The first-order chi connectivity index (χ1) is 7.31. The molecule has 0 aliphatic carbocycles. The number of ether oxygens (including phenoxy) is 1. The summed E-state index contributed by atoms with van der Waals surface area (Å²) in [5.41, 5.74) is 1.80. The number of fused-ring (bicyclic) bond motifs is 1.